The lowest BCUT2D eigenvalue weighted by atomic mass is 10.1. The van der Waals surface area contributed by atoms with Crippen LogP contribution in [0.25, 0.3) is 0 Å². The van der Waals surface area contributed by atoms with Crippen LogP contribution < -0.4 is 11.1 Å². The molecular weight excluding hydrogens is 243 g/mol. The van der Waals surface area contributed by atoms with Crippen molar-refractivity contribution in [2.24, 2.45) is 5.73 Å². The first-order chi connectivity index (χ1) is 9.08. The number of rotatable bonds is 4. The Bertz CT molecular complexity index is 503. The van der Waals surface area contributed by atoms with E-state index in [1.165, 1.54) is 12.1 Å². The van der Waals surface area contributed by atoms with Gasteiger partial charge in [0.1, 0.15) is 5.82 Å². The molecule has 3 nitrogen and oxygen atoms in total. The van der Waals surface area contributed by atoms with E-state index >= 15 is 0 Å². The molecule has 0 aliphatic heterocycles. The molecule has 1 aromatic carbocycles. The van der Waals surface area contributed by atoms with Crippen molar-refractivity contribution in [3.05, 3.63) is 35.1 Å². The van der Waals surface area contributed by atoms with E-state index in [1.807, 2.05) is 13.8 Å². The Morgan fingerprint density at radius 2 is 2.26 bits per heavy atom. The summed E-state index contributed by atoms with van der Waals surface area (Å²) in [6.45, 7) is 4.16. The highest BCUT2D eigenvalue weighted by molar-refractivity contribution is 5.94. The third-order valence-corrected chi connectivity index (χ3v) is 2.65. The van der Waals surface area contributed by atoms with E-state index in [1.54, 1.807) is 6.07 Å². The van der Waals surface area contributed by atoms with E-state index in [-0.39, 0.29) is 18.2 Å². The van der Waals surface area contributed by atoms with Gasteiger partial charge in [-0.15, -0.1) is 0 Å². The van der Waals surface area contributed by atoms with Gasteiger partial charge < -0.3 is 11.1 Å². The SMILES string of the molecule is CCCC(C)NC(=O)c1ccc(C#CCN)cc1F. The van der Waals surface area contributed by atoms with Crippen LogP contribution in [-0.2, 0) is 0 Å². The smallest absolute Gasteiger partial charge is 0.254 e. The summed E-state index contributed by atoms with van der Waals surface area (Å²) in [5.41, 5.74) is 5.80. The summed E-state index contributed by atoms with van der Waals surface area (Å²) >= 11 is 0. The fourth-order valence-corrected chi connectivity index (χ4v) is 1.74. The molecule has 0 heterocycles. The third kappa shape index (κ3) is 4.72. The molecule has 0 radical (unpaired) electrons. The summed E-state index contributed by atoms with van der Waals surface area (Å²) in [4.78, 5) is 11.9. The van der Waals surface area contributed by atoms with Gasteiger partial charge in [0, 0.05) is 11.6 Å². The number of halogens is 1. The number of hydrogen-bond donors (Lipinski definition) is 2. The monoisotopic (exact) mass is 262 g/mol. The van der Waals surface area contributed by atoms with Gasteiger partial charge in [0.15, 0.2) is 0 Å². The van der Waals surface area contributed by atoms with Crippen molar-refractivity contribution >= 4 is 5.91 Å². The maximum Gasteiger partial charge on any atom is 0.254 e. The zero-order valence-electron chi connectivity index (χ0n) is 11.3. The molecular formula is C15H19FN2O. The molecule has 3 N–H and O–H groups in total. The molecule has 1 atom stereocenters. The standard InChI is InChI=1S/C15H19FN2O/c1-3-5-11(2)18-15(19)13-8-7-12(6-4-9-17)10-14(13)16/h7-8,10-11H,3,5,9,17H2,1-2H3,(H,18,19). The second kappa shape index (κ2) is 7.55. The van der Waals surface area contributed by atoms with Crippen molar-refractivity contribution in [1.82, 2.24) is 5.32 Å². The first-order valence-corrected chi connectivity index (χ1v) is 6.37. The van der Waals surface area contributed by atoms with Gasteiger partial charge in [-0.25, -0.2) is 4.39 Å². The van der Waals surface area contributed by atoms with Crippen molar-refractivity contribution in [2.45, 2.75) is 32.7 Å². The Morgan fingerprint density at radius 1 is 1.53 bits per heavy atom. The van der Waals surface area contributed by atoms with Crippen LogP contribution >= 0.6 is 0 Å². The number of hydrogen-bond acceptors (Lipinski definition) is 2. The van der Waals surface area contributed by atoms with Crippen molar-refractivity contribution in [3.63, 3.8) is 0 Å². The zero-order valence-corrected chi connectivity index (χ0v) is 11.3. The van der Waals surface area contributed by atoms with Crippen LogP contribution in [-0.4, -0.2) is 18.5 Å². The van der Waals surface area contributed by atoms with Gasteiger partial charge in [-0.3, -0.25) is 4.79 Å². The molecule has 0 saturated heterocycles. The van der Waals surface area contributed by atoms with E-state index in [0.29, 0.717) is 5.56 Å². The number of carbonyl (C=O) groups excluding carboxylic acids is 1. The number of amides is 1. The molecule has 1 aromatic rings. The first-order valence-electron chi connectivity index (χ1n) is 6.37. The molecule has 1 unspecified atom stereocenters. The highest BCUT2D eigenvalue weighted by Gasteiger charge is 2.13. The molecule has 0 bridgehead atoms. The van der Waals surface area contributed by atoms with E-state index in [4.69, 9.17) is 5.73 Å². The molecule has 0 spiro atoms. The molecule has 0 saturated carbocycles. The normalized spacial score (nSPS) is 11.4. The fourth-order valence-electron chi connectivity index (χ4n) is 1.74. The lowest BCUT2D eigenvalue weighted by molar-refractivity contribution is 0.0934. The lowest BCUT2D eigenvalue weighted by Crippen LogP contribution is -2.32. The van der Waals surface area contributed by atoms with E-state index in [9.17, 15) is 9.18 Å². The Hall–Kier alpha value is -1.86. The molecule has 4 heteroatoms. The molecule has 1 amide bonds. The van der Waals surface area contributed by atoms with Gasteiger partial charge in [-0.05, 0) is 31.5 Å². The number of benzene rings is 1. The van der Waals surface area contributed by atoms with Crippen LogP contribution in [0.1, 0.15) is 42.6 Å². The maximum absolute atomic E-state index is 13.8. The van der Waals surface area contributed by atoms with Crippen molar-refractivity contribution in [2.75, 3.05) is 6.54 Å². The Morgan fingerprint density at radius 3 is 2.84 bits per heavy atom. The summed E-state index contributed by atoms with van der Waals surface area (Å²) in [7, 11) is 0. The average molecular weight is 262 g/mol. The van der Waals surface area contributed by atoms with Crippen LogP contribution in [0.3, 0.4) is 0 Å². The molecule has 0 fully saturated rings. The molecule has 1 rings (SSSR count). The topological polar surface area (TPSA) is 55.1 Å². The molecule has 0 aliphatic rings. The van der Waals surface area contributed by atoms with Crippen molar-refractivity contribution in [3.8, 4) is 11.8 Å². The third-order valence-electron chi connectivity index (χ3n) is 2.65. The summed E-state index contributed by atoms with van der Waals surface area (Å²) in [5.74, 6) is 4.41. The number of nitrogens with two attached hydrogens (primary N) is 1. The largest absolute Gasteiger partial charge is 0.349 e. The summed E-state index contributed by atoms with van der Waals surface area (Å²) in [5, 5.41) is 2.77. The minimum atomic E-state index is -0.565. The second-order valence-electron chi connectivity index (χ2n) is 4.36. The van der Waals surface area contributed by atoms with Gasteiger partial charge in [-0.1, -0.05) is 25.2 Å². The van der Waals surface area contributed by atoms with Gasteiger partial charge >= 0.3 is 0 Å². The van der Waals surface area contributed by atoms with Gasteiger partial charge in [0.2, 0.25) is 0 Å². The van der Waals surface area contributed by atoms with Gasteiger partial charge in [0.25, 0.3) is 5.91 Å². The fraction of sp³-hybridized carbons (Fsp3) is 0.400. The highest BCUT2D eigenvalue weighted by Crippen LogP contribution is 2.10. The Labute approximate surface area is 113 Å². The first kappa shape index (κ1) is 15.2. The van der Waals surface area contributed by atoms with Crippen LogP contribution in [0, 0.1) is 17.7 Å². The van der Waals surface area contributed by atoms with E-state index < -0.39 is 11.7 Å². The van der Waals surface area contributed by atoms with Crippen LogP contribution in [0.15, 0.2) is 18.2 Å². The Kier molecular flexibility index (Phi) is 6.04. The molecule has 102 valence electrons. The highest BCUT2D eigenvalue weighted by atomic mass is 19.1. The average Bonchev–Trinajstić information content (AvgIpc) is 2.36. The van der Waals surface area contributed by atoms with Crippen LogP contribution in [0.2, 0.25) is 0 Å². The van der Waals surface area contributed by atoms with Gasteiger partial charge in [0.05, 0.1) is 12.1 Å². The van der Waals surface area contributed by atoms with E-state index in [2.05, 4.69) is 17.2 Å². The number of nitrogens with one attached hydrogen (secondary N) is 1. The van der Waals surface area contributed by atoms with Crippen LogP contribution in [0.4, 0.5) is 4.39 Å². The summed E-state index contributed by atoms with van der Waals surface area (Å²) < 4.78 is 13.8. The quantitative estimate of drug-likeness (QED) is 0.816. The molecule has 19 heavy (non-hydrogen) atoms. The van der Waals surface area contributed by atoms with E-state index in [0.717, 1.165) is 12.8 Å². The predicted octanol–water partition coefficient (Wildman–Crippen LogP) is 2.05. The van der Waals surface area contributed by atoms with Gasteiger partial charge in [-0.2, -0.15) is 0 Å². The van der Waals surface area contributed by atoms with Crippen LogP contribution in [0.5, 0.6) is 0 Å². The number of carbonyl (C=O) groups is 1. The summed E-state index contributed by atoms with van der Waals surface area (Å²) in [6.07, 6.45) is 1.84. The Balaban J connectivity index is 2.81. The molecule has 0 aromatic heterocycles. The lowest BCUT2D eigenvalue weighted by Gasteiger charge is -2.13. The summed E-state index contributed by atoms with van der Waals surface area (Å²) in [6, 6.07) is 4.35. The second-order valence-corrected chi connectivity index (χ2v) is 4.36. The minimum Gasteiger partial charge on any atom is -0.349 e. The zero-order chi connectivity index (χ0) is 14.3. The van der Waals surface area contributed by atoms with Crippen molar-refractivity contribution < 1.29 is 9.18 Å². The molecule has 0 aliphatic carbocycles. The van der Waals surface area contributed by atoms with Crippen molar-refractivity contribution in [1.29, 1.82) is 0 Å². The predicted molar refractivity (Wildman–Crippen MR) is 74.2 cm³/mol. The minimum absolute atomic E-state index is 0.0357. The maximum atomic E-state index is 13.8.